The second-order valence-corrected chi connectivity index (χ2v) is 7.11. The Morgan fingerprint density at radius 3 is 2.48 bits per heavy atom. The van der Waals surface area contributed by atoms with Gasteiger partial charge in [-0.25, -0.2) is 0 Å². The summed E-state index contributed by atoms with van der Waals surface area (Å²) in [7, 11) is 0. The molecule has 4 nitrogen and oxygen atoms in total. The Kier molecular flexibility index (Phi) is 4.76. The molecule has 2 aliphatic rings. The summed E-state index contributed by atoms with van der Waals surface area (Å²) in [4.78, 5) is 13.9. The third-order valence-electron chi connectivity index (χ3n) is 4.76. The number of morpholine rings is 1. The zero-order valence-electron chi connectivity index (χ0n) is 13.5. The van der Waals surface area contributed by atoms with E-state index in [-0.39, 0.29) is 17.6 Å². The van der Waals surface area contributed by atoms with Crippen LogP contribution in [-0.4, -0.2) is 43.7 Å². The first kappa shape index (κ1) is 16.5. The molecule has 3 rings (SSSR count). The van der Waals surface area contributed by atoms with Crippen LogP contribution in [0.4, 0.5) is 0 Å². The number of nitrogens with zero attached hydrogens (tertiary/aromatic N) is 1. The third kappa shape index (κ3) is 3.16. The van der Waals surface area contributed by atoms with Gasteiger partial charge in [0.2, 0.25) is 0 Å². The summed E-state index contributed by atoms with van der Waals surface area (Å²) in [5.41, 5.74) is 1.50. The molecule has 2 atom stereocenters. The monoisotopic (exact) mass is 335 g/mol. The average Bonchev–Trinajstić information content (AvgIpc) is 2.55. The highest BCUT2D eigenvalue weighted by Crippen LogP contribution is 2.48. The second kappa shape index (κ2) is 6.63. The van der Waals surface area contributed by atoms with Crippen molar-refractivity contribution in [3.8, 4) is 0 Å². The summed E-state index contributed by atoms with van der Waals surface area (Å²) in [5.74, 6) is -0.0288. The van der Waals surface area contributed by atoms with Crippen molar-refractivity contribution in [2.75, 3.05) is 26.3 Å². The van der Waals surface area contributed by atoms with Crippen molar-refractivity contribution in [3.63, 3.8) is 0 Å². The van der Waals surface area contributed by atoms with Gasteiger partial charge in [0.15, 0.2) is 6.23 Å². The second-order valence-electron chi connectivity index (χ2n) is 6.68. The summed E-state index contributed by atoms with van der Waals surface area (Å²) in [6.07, 6.45) is 2.43. The van der Waals surface area contributed by atoms with Gasteiger partial charge < -0.3 is 9.47 Å². The molecule has 5 heteroatoms. The molecule has 1 fully saturated rings. The molecule has 1 aromatic carbocycles. The zero-order valence-corrected chi connectivity index (χ0v) is 14.3. The lowest BCUT2D eigenvalue weighted by Crippen LogP contribution is -2.54. The van der Waals surface area contributed by atoms with E-state index >= 15 is 0 Å². The molecule has 0 aliphatic carbocycles. The summed E-state index contributed by atoms with van der Waals surface area (Å²) in [6.45, 7) is 7.42. The predicted molar refractivity (Wildman–Crippen MR) is 89.4 cm³/mol. The molecule has 0 amide bonds. The van der Waals surface area contributed by atoms with Crippen LogP contribution in [0.1, 0.15) is 25.3 Å². The molecule has 124 valence electrons. The summed E-state index contributed by atoms with van der Waals surface area (Å²) in [5, 5.41) is 0.694. The lowest BCUT2D eigenvalue weighted by molar-refractivity contribution is -0.135. The Hall–Kier alpha value is -1.36. The largest absolute Gasteiger partial charge is 0.482 e. The minimum atomic E-state index is -0.254. The van der Waals surface area contributed by atoms with Crippen LogP contribution in [0, 0.1) is 5.41 Å². The van der Waals surface area contributed by atoms with Crippen LogP contribution in [0.15, 0.2) is 36.1 Å². The van der Waals surface area contributed by atoms with E-state index < -0.39 is 0 Å². The van der Waals surface area contributed by atoms with Gasteiger partial charge in [-0.3, -0.25) is 9.69 Å². The summed E-state index contributed by atoms with van der Waals surface area (Å²) < 4.78 is 11.4. The number of hydrogen-bond donors (Lipinski definition) is 0. The predicted octanol–water partition coefficient (Wildman–Crippen LogP) is 3.22. The van der Waals surface area contributed by atoms with Crippen molar-refractivity contribution in [2.24, 2.45) is 5.41 Å². The van der Waals surface area contributed by atoms with Gasteiger partial charge in [-0.15, -0.1) is 0 Å². The molecule has 1 aromatic rings. The topological polar surface area (TPSA) is 38.8 Å². The zero-order chi connectivity index (χ0) is 16.4. The van der Waals surface area contributed by atoms with Gasteiger partial charge in [-0.2, -0.15) is 0 Å². The molecule has 0 aromatic heterocycles. The van der Waals surface area contributed by atoms with Gasteiger partial charge in [0, 0.05) is 35.0 Å². The fraction of sp³-hybridized carbons (Fsp3) is 0.500. The maximum absolute atomic E-state index is 11.6. The van der Waals surface area contributed by atoms with E-state index in [1.165, 1.54) is 0 Å². The van der Waals surface area contributed by atoms with Crippen molar-refractivity contribution in [1.29, 1.82) is 0 Å². The van der Waals surface area contributed by atoms with Gasteiger partial charge in [-0.05, 0) is 17.7 Å². The molecule has 1 saturated heterocycles. The number of rotatable bonds is 3. The highest BCUT2D eigenvalue weighted by atomic mass is 35.5. The lowest BCUT2D eigenvalue weighted by Gasteiger charge is -2.49. The fourth-order valence-electron chi connectivity index (χ4n) is 3.70. The number of halogens is 1. The molecular formula is C18H22ClNO3. The van der Waals surface area contributed by atoms with E-state index in [0.717, 1.165) is 24.9 Å². The van der Waals surface area contributed by atoms with Gasteiger partial charge in [-0.1, -0.05) is 37.6 Å². The Morgan fingerprint density at radius 2 is 1.87 bits per heavy atom. The average molecular weight is 336 g/mol. The quantitative estimate of drug-likeness (QED) is 0.795. The number of carbonyl (C=O) groups excluding carboxylic acids is 1. The molecule has 0 bridgehead atoms. The van der Waals surface area contributed by atoms with Gasteiger partial charge in [0.05, 0.1) is 19.5 Å². The van der Waals surface area contributed by atoms with Gasteiger partial charge in [0.25, 0.3) is 0 Å². The Labute approximate surface area is 142 Å². The molecule has 0 N–H and O–H groups in total. The number of ether oxygens (including phenoxy) is 2. The first-order chi connectivity index (χ1) is 11.0. The van der Waals surface area contributed by atoms with Crippen LogP contribution in [-0.2, 0) is 14.3 Å². The highest BCUT2D eigenvalue weighted by molar-refractivity contribution is 6.30. The van der Waals surface area contributed by atoms with Crippen molar-refractivity contribution < 1.29 is 14.3 Å². The maximum Gasteiger partial charge on any atom is 0.157 e. The van der Waals surface area contributed by atoms with Gasteiger partial charge in [0.1, 0.15) is 6.29 Å². The van der Waals surface area contributed by atoms with Gasteiger partial charge >= 0.3 is 0 Å². The minimum Gasteiger partial charge on any atom is -0.482 e. The standard InChI is InChI=1S/C18H22ClNO3/c1-18(2)16(13-3-5-15(19)6-4-13)14(11-21)12-23-17(18)20-7-9-22-10-8-20/h3-6,11-12,16-17H,7-10H2,1-2H3. The lowest BCUT2D eigenvalue weighted by atomic mass is 9.68. The van der Waals surface area contributed by atoms with Crippen molar-refractivity contribution in [3.05, 3.63) is 46.7 Å². The fourth-order valence-corrected chi connectivity index (χ4v) is 3.83. The van der Waals surface area contributed by atoms with E-state index in [4.69, 9.17) is 21.1 Å². The summed E-state index contributed by atoms with van der Waals surface area (Å²) >= 11 is 6.01. The Balaban J connectivity index is 1.97. The number of aldehydes is 1. The van der Waals surface area contributed by atoms with Crippen LogP contribution in [0.3, 0.4) is 0 Å². The summed E-state index contributed by atoms with van der Waals surface area (Å²) in [6, 6.07) is 7.73. The number of hydrogen-bond acceptors (Lipinski definition) is 4. The first-order valence-corrected chi connectivity index (χ1v) is 8.30. The van der Waals surface area contributed by atoms with E-state index in [9.17, 15) is 4.79 Å². The van der Waals surface area contributed by atoms with Crippen LogP contribution in [0.5, 0.6) is 0 Å². The molecule has 0 saturated carbocycles. The smallest absolute Gasteiger partial charge is 0.157 e. The normalized spacial score (nSPS) is 27.9. The molecule has 2 aliphatic heterocycles. The van der Waals surface area contributed by atoms with E-state index in [1.807, 2.05) is 24.3 Å². The molecular weight excluding hydrogens is 314 g/mol. The minimum absolute atomic E-state index is 0.0288. The van der Waals surface area contributed by atoms with Crippen molar-refractivity contribution in [1.82, 2.24) is 4.90 Å². The van der Waals surface area contributed by atoms with Crippen molar-refractivity contribution >= 4 is 17.9 Å². The van der Waals surface area contributed by atoms with E-state index in [0.29, 0.717) is 23.8 Å². The molecule has 2 heterocycles. The molecule has 23 heavy (non-hydrogen) atoms. The first-order valence-electron chi connectivity index (χ1n) is 7.92. The number of carbonyl (C=O) groups is 1. The number of allylic oxidation sites excluding steroid dienone is 1. The molecule has 0 radical (unpaired) electrons. The Bertz CT molecular complexity index is 591. The van der Waals surface area contributed by atoms with E-state index in [1.54, 1.807) is 6.26 Å². The van der Waals surface area contributed by atoms with Crippen LogP contribution < -0.4 is 0 Å². The number of benzene rings is 1. The van der Waals surface area contributed by atoms with Crippen LogP contribution >= 0.6 is 11.6 Å². The Morgan fingerprint density at radius 1 is 1.22 bits per heavy atom. The van der Waals surface area contributed by atoms with Crippen LogP contribution in [0.25, 0.3) is 0 Å². The maximum atomic E-state index is 11.6. The molecule has 0 spiro atoms. The third-order valence-corrected chi connectivity index (χ3v) is 5.02. The van der Waals surface area contributed by atoms with Crippen LogP contribution in [0.2, 0.25) is 5.02 Å². The molecule has 2 unspecified atom stereocenters. The SMILES string of the molecule is CC1(C)C(c2ccc(Cl)cc2)C(C=O)=COC1N1CCOCC1. The van der Waals surface area contributed by atoms with Crippen molar-refractivity contribution in [2.45, 2.75) is 26.0 Å². The highest BCUT2D eigenvalue weighted by Gasteiger charge is 2.47. The van der Waals surface area contributed by atoms with E-state index in [2.05, 4.69) is 18.7 Å².